The fraction of sp³-hybridized carbons (Fsp3) is 0.188. The van der Waals surface area contributed by atoms with Crippen molar-refractivity contribution in [1.29, 1.82) is 0 Å². The van der Waals surface area contributed by atoms with Crippen LogP contribution in [0.5, 0.6) is 0 Å². The molecule has 4 heteroatoms. The number of amidine groups is 1. The molecule has 0 saturated carbocycles. The highest BCUT2D eigenvalue weighted by molar-refractivity contribution is 9.10. The van der Waals surface area contributed by atoms with Crippen LogP contribution in [0.4, 0.5) is 5.69 Å². The first-order chi connectivity index (χ1) is 9.79. The Bertz CT molecular complexity index is 596. The van der Waals surface area contributed by atoms with Gasteiger partial charge in [0, 0.05) is 15.9 Å². The summed E-state index contributed by atoms with van der Waals surface area (Å²) in [7, 11) is 0. The summed E-state index contributed by atoms with van der Waals surface area (Å²) in [5.41, 5.74) is 2.44. The van der Waals surface area contributed by atoms with Crippen LogP contribution in [-0.2, 0) is 6.42 Å². The third-order valence-corrected chi connectivity index (χ3v) is 4.68. The zero-order valence-electron chi connectivity index (χ0n) is 10.9. The van der Waals surface area contributed by atoms with Gasteiger partial charge in [-0.3, -0.25) is 4.99 Å². The molecule has 3 rings (SSSR count). The van der Waals surface area contributed by atoms with Crippen LogP contribution in [0.15, 0.2) is 64.1 Å². The lowest BCUT2D eigenvalue weighted by atomic mass is 10.1. The summed E-state index contributed by atoms with van der Waals surface area (Å²) < 4.78 is 1.09. The molecule has 1 aliphatic rings. The van der Waals surface area contributed by atoms with Gasteiger partial charge in [-0.05, 0) is 36.2 Å². The summed E-state index contributed by atoms with van der Waals surface area (Å²) >= 11 is 5.24. The lowest BCUT2D eigenvalue weighted by Crippen LogP contribution is -2.08. The number of rotatable bonds is 3. The van der Waals surface area contributed by atoms with Gasteiger partial charge in [-0.2, -0.15) is 0 Å². The molecule has 2 aromatic rings. The van der Waals surface area contributed by atoms with Gasteiger partial charge in [0.2, 0.25) is 0 Å². The number of halogens is 1. The van der Waals surface area contributed by atoms with Crippen LogP contribution in [0.3, 0.4) is 0 Å². The highest BCUT2D eigenvalue weighted by Crippen LogP contribution is 2.23. The zero-order valence-corrected chi connectivity index (χ0v) is 13.3. The van der Waals surface area contributed by atoms with E-state index in [9.17, 15) is 0 Å². The molecule has 0 aliphatic carbocycles. The Morgan fingerprint density at radius 2 is 1.85 bits per heavy atom. The maximum atomic E-state index is 4.76. The summed E-state index contributed by atoms with van der Waals surface area (Å²) in [6.45, 7) is 0. The average Bonchev–Trinajstić information content (AvgIpc) is 2.90. The molecule has 0 amide bonds. The molecule has 2 nitrogen and oxygen atoms in total. The zero-order chi connectivity index (χ0) is 13.8. The molecule has 20 heavy (non-hydrogen) atoms. The predicted octanol–water partition coefficient (Wildman–Crippen LogP) is 4.58. The summed E-state index contributed by atoms with van der Waals surface area (Å²) in [6, 6.07) is 19.1. The number of nitrogens with one attached hydrogen (secondary N) is 1. The molecule has 1 atom stereocenters. The van der Waals surface area contributed by atoms with Gasteiger partial charge in [0.15, 0.2) is 5.17 Å². The number of thioether (sulfide) groups is 1. The molecule has 102 valence electrons. The molecule has 2 aromatic carbocycles. The fourth-order valence-electron chi connectivity index (χ4n) is 2.13. The van der Waals surface area contributed by atoms with E-state index < -0.39 is 0 Å². The van der Waals surface area contributed by atoms with Gasteiger partial charge < -0.3 is 5.32 Å². The second-order valence-electron chi connectivity index (χ2n) is 4.72. The van der Waals surface area contributed by atoms with E-state index in [1.54, 1.807) is 11.8 Å². The number of anilines is 1. The summed E-state index contributed by atoms with van der Waals surface area (Å²) in [6.07, 6.45) is 1.01. The Morgan fingerprint density at radius 3 is 2.60 bits per heavy atom. The molecule has 0 radical (unpaired) electrons. The van der Waals surface area contributed by atoms with Crippen molar-refractivity contribution in [3.05, 3.63) is 64.6 Å². The van der Waals surface area contributed by atoms with Gasteiger partial charge in [0.25, 0.3) is 0 Å². The molecule has 0 saturated heterocycles. The van der Waals surface area contributed by atoms with Crippen molar-refractivity contribution in [1.82, 2.24) is 0 Å². The molecule has 1 N–H and O–H groups in total. The van der Waals surface area contributed by atoms with E-state index in [0.717, 1.165) is 27.5 Å². The highest BCUT2D eigenvalue weighted by Gasteiger charge is 2.18. The lowest BCUT2D eigenvalue weighted by Gasteiger charge is -2.05. The Morgan fingerprint density at radius 1 is 1.10 bits per heavy atom. The van der Waals surface area contributed by atoms with Crippen LogP contribution >= 0.6 is 27.7 Å². The summed E-state index contributed by atoms with van der Waals surface area (Å²) in [5, 5.41) is 4.40. The van der Waals surface area contributed by atoms with Crippen molar-refractivity contribution in [2.75, 3.05) is 11.1 Å². The molecule has 0 spiro atoms. The van der Waals surface area contributed by atoms with Crippen LogP contribution in [0.1, 0.15) is 5.56 Å². The van der Waals surface area contributed by atoms with E-state index in [-0.39, 0.29) is 0 Å². The maximum absolute atomic E-state index is 4.76. The summed E-state index contributed by atoms with van der Waals surface area (Å²) in [4.78, 5) is 4.76. The molecule has 0 fully saturated rings. The third kappa shape index (κ3) is 3.64. The van der Waals surface area contributed by atoms with Crippen molar-refractivity contribution < 1.29 is 0 Å². The topological polar surface area (TPSA) is 24.4 Å². The Balaban J connectivity index is 1.62. The van der Waals surface area contributed by atoms with Crippen LogP contribution < -0.4 is 5.32 Å². The van der Waals surface area contributed by atoms with E-state index in [1.807, 2.05) is 12.1 Å². The predicted molar refractivity (Wildman–Crippen MR) is 91.6 cm³/mol. The van der Waals surface area contributed by atoms with Crippen LogP contribution in [0.25, 0.3) is 0 Å². The van der Waals surface area contributed by atoms with Gasteiger partial charge >= 0.3 is 0 Å². The Hall–Kier alpha value is -1.26. The van der Waals surface area contributed by atoms with Gasteiger partial charge in [-0.15, -0.1) is 0 Å². The van der Waals surface area contributed by atoms with Gasteiger partial charge in [-0.25, -0.2) is 0 Å². The van der Waals surface area contributed by atoms with Crippen molar-refractivity contribution in [2.24, 2.45) is 4.99 Å². The van der Waals surface area contributed by atoms with E-state index in [4.69, 9.17) is 4.99 Å². The van der Waals surface area contributed by atoms with Crippen molar-refractivity contribution >= 4 is 38.5 Å². The average molecular weight is 347 g/mol. The lowest BCUT2D eigenvalue weighted by molar-refractivity contribution is 0.762. The first-order valence-corrected chi connectivity index (χ1v) is 8.34. The largest absolute Gasteiger partial charge is 0.335 e. The normalized spacial score (nSPS) is 17.9. The highest BCUT2D eigenvalue weighted by atomic mass is 79.9. The molecule has 0 aromatic heterocycles. The smallest absolute Gasteiger partial charge is 0.161 e. The monoisotopic (exact) mass is 346 g/mol. The molecular formula is C16H15BrN2S. The first kappa shape index (κ1) is 13.7. The second-order valence-corrected chi connectivity index (χ2v) is 6.65. The van der Waals surface area contributed by atoms with E-state index in [0.29, 0.717) is 6.04 Å². The van der Waals surface area contributed by atoms with Gasteiger partial charge in [0.1, 0.15) is 0 Å². The molecule has 1 heterocycles. The van der Waals surface area contributed by atoms with Gasteiger partial charge in [0.05, 0.1) is 6.04 Å². The van der Waals surface area contributed by atoms with Crippen molar-refractivity contribution in [3.63, 3.8) is 0 Å². The molecule has 1 aliphatic heterocycles. The number of hydrogen-bond donors (Lipinski definition) is 1. The number of aliphatic imine (C=N–C) groups is 1. The quantitative estimate of drug-likeness (QED) is 0.879. The number of nitrogens with zero attached hydrogens (tertiary/aromatic N) is 1. The van der Waals surface area contributed by atoms with Crippen molar-refractivity contribution in [2.45, 2.75) is 12.5 Å². The minimum atomic E-state index is 0.375. The number of benzene rings is 2. The molecule has 1 unspecified atom stereocenters. The molecular weight excluding hydrogens is 332 g/mol. The third-order valence-electron chi connectivity index (χ3n) is 3.12. The Labute approximate surface area is 131 Å². The van der Waals surface area contributed by atoms with Crippen molar-refractivity contribution in [3.8, 4) is 0 Å². The number of hydrogen-bond acceptors (Lipinski definition) is 3. The Kier molecular flexibility index (Phi) is 4.43. The van der Waals surface area contributed by atoms with Crippen LogP contribution in [0, 0.1) is 0 Å². The van der Waals surface area contributed by atoms with E-state index >= 15 is 0 Å². The standard InChI is InChI=1S/C16H15BrN2S/c17-13-6-8-14(9-7-13)18-16-19-15(11-20-16)10-12-4-2-1-3-5-12/h1-9,15H,10-11H2,(H,18,19). The minimum Gasteiger partial charge on any atom is -0.335 e. The van der Waals surface area contributed by atoms with E-state index in [2.05, 4.69) is 63.7 Å². The maximum Gasteiger partial charge on any atom is 0.161 e. The summed E-state index contributed by atoms with van der Waals surface area (Å²) in [5.74, 6) is 1.05. The van der Waals surface area contributed by atoms with Crippen LogP contribution in [-0.4, -0.2) is 17.0 Å². The second kappa shape index (κ2) is 6.46. The first-order valence-electron chi connectivity index (χ1n) is 6.57. The van der Waals surface area contributed by atoms with E-state index in [1.165, 1.54) is 5.56 Å². The van der Waals surface area contributed by atoms with Gasteiger partial charge in [-0.1, -0.05) is 58.0 Å². The minimum absolute atomic E-state index is 0.375. The van der Waals surface area contributed by atoms with Crippen LogP contribution in [0.2, 0.25) is 0 Å². The SMILES string of the molecule is Brc1ccc(NC2=NC(Cc3ccccc3)CS2)cc1. The molecule has 0 bridgehead atoms. The fourth-order valence-corrected chi connectivity index (χ4v) is 3.35.